The van der Waals surface area contributed by atoms with E-state index in [-0.39, 0.29) is 11.8 Å². The minimum absolute atomic E-state index is 0.0324. The summed E-state index contributed by atoms with van der Waals surface area (Å²) < 4.78 is 1.97. The Morgan fingerprint density at radius 2 is 1.92 bits per heavy atom. The normalized spacial score (nSPS) is 11.9. The number of aryl methyl sites for hydroxylation is 1. The van der Waals surface area contributed by atoms with Gasteiger partial charge in [-0.05, 0) is 17.7 Å². The molecule has 0 saturated carbocycles. The molecule has 3 aromatic rings. The first-order valence-electron chi connectivity index (χ1n) is 8.56. The van der Waals surface area contributed by atoms with Crippen LogP contribution >= 0.6 is 11.8 Å². The maximum absolute atomic E-state index is 12.5. The Hall–Kier alpha value is -2.60. The molecule has 5 nitrogen and oxygen atoms in total. The van der Waals surface area contributed by atoms with E-state index in [9.17, 15) is 4.79 Å². The Morgan fingerprint density at radius 1 is 1.12 bits per heavy atom. The van der Waals surface area contributed by atoms with Crippen molar-refractivity contribution in [2.75, 3.05) is 12.3 Å². The highest BCUT2D eigenvalue weighted by Crippen LogP contribution is 2.26. The van der Waals surface area contributed by atoms with E-state index in [4.69, 9.17) is 0 Å². The van der Waals surface area contributed by atoms with Crippen LogP contribution in [0.2, 0.25) is 0 Å². The molecule has 26 heavy (non-hydrogen) atoms. The lowest BCUT2D eigenvalue weighted by molar-refractivity contribution is -0.121. The number of hydrogen-bond donors (Lipinski definition) is 1. The van der Waals surface area contributed by atoms with Crippen LogP contribution in [0.5, 0.6) is 0 Å². The average Bonchev–Trinajstić information content (AvgIpc) is 3.09. The van der Waals surface area contributed by atoms with Gasteiger partial charge < -0.3 is 9.88 Å². The van der Waals surface area contributed by atoms with E-state index in [2.05, 4.69) is 15.3 Å². The number of benzene rings is 1. The number of thioether (sulfide) groups is 1. The molecule has 1 atom stereocenters. The Morgan fingerprint density at radius 3 is 2.62 bits per heavy atom. The number of aromatic nitrogens is 3. The van der Waals surface area contributed by atoms with E-state index in [1.165, 1.54) is 0 Å². The van der Waals surface area contributed by atoms with E-state index in [1.807, 2.05) is 66.3 Å². The summed E-state index contributed by atoms with van der Waals surface area (Å²) in [5, 5.41) is 3.96. The predicted molar refractivity (Wildman–Crippen MR) is 104 cm³/mol. The van der Waals surface area contributed by atoms with Gasteiger partial charge in [-0.3, -0.25) is 9.78 Å². The van der Waals surface area contributed by atoms with E-state index in [0.717, 1.165) is 22.2 Å². The van der Waals surface area contributed by atoms with Crippen molar-refractivity contribution in [1.29, 1.82) is 0 Å². The molecular weight excluding hydrogens is 344 g/mol. The number of nitrogens with zero attached hydrogens (tertiary/aromatic N) is 3. The Kier molecular flexibility index (Phi) is 6.44. The summed E-state index contributed by atoms with van der Waals surface area (Å²) in [5.41, 5.74) is 2.01. The molecule has 6 heteroatoms. The first kappa shape index (κ1) is 18.2. The van der Waals surface area contributed by atoms with Gasteiger partial charge >= 0.3 is 0 Å². The highest BCUT2D eigenvalue weighted by molar-refractivity contribution is 7.99. The summed E-state index contributed by atoms with van der Waals surface area (Å²) in [4.78, 5) is 21.2. The van der Waals surface area contributed by atoms with Gasteiger partial charge in [-0.15, -0.1) is 0 Å². The topological polar surface area (TPSA) is 59.8 Å². The minimum Gasteiger partial charge on any atom is -0.355 e. The van der Waals surface area contributed by atoms with Crippen molar-refractivity contribution in [3.05, 3.63) is 78.4 Å². The van der Waals surface area contributed by atoms with Gasteiger partial charge in [0.05, 0.1) is 0 Å². The van der Waals surface area contributed by atoms with Gasteiger partial charge in [0.25, 0.3) is 0 Å². The molecule has 1 N–H and O–H groups in total. The Balaban J connectivity index is 1.56. The summed E-state index contributed by atoms with van der Waals surface area (Å²) in [6.07, 6.45) is 5.84. The standard InChI is InChI=1S/C20H22N4OS/c1-24-13-11-23-20(24)26-14-12-22-19(25)15-17(16-7-3-2-4-8-16)18-9-5-6-10-21-18/h2-11,13,17H,12,14-15H2,1H3,(H,22,25)/t17-/m0/s1. The van der Waals surface area contributed by atoms with Crippen molar-refractivity contribution in [3.8, 4) is 0 Å². The molecule has 2 heterocycles. The van der Waals surface area contributed by atoms with Crippen LogP contribution in [0.1, 0.15) is 23.6 Å². The molecule has 0 aliphatic rings. The second-order valence-electron chi connectivity index (χ2n) is 5.94. The van der Waals surface area contributed by atoms with Crippen LogP contribution in [-0.4, -0.2) is 32.7 Å². The van der Waals surface area contributed by atoms with Crippen LogP contribution in [0.25, 0.3) is 0 Å². The second kappa shape index (κ2) is 9.20. The number of carbonyl (C=O) groups is 1. The van der Waals surface area contributed by atoms with Crippen LogP contribution in [-0.2, 0) is 11.8 Å². The molecule has 1 aromatic carbocycles. The van der Waals surface area contributed by atoms with Crippen LogP contribution in [0.4, 0.5) is 0 Å². The van der Waals surface area contributed by atoms with Crippen molar-refractivity contribution in [1.82, 2.24) is 19.9 Å². The number of amides is 1. The molecule has 134 valence electrons. The molecule has 3 rings (SSSR count). The van der Waals surface area contributed by atoms with E-state index < -0.39 is 0 Å². The summed E-state index contributed by atoms with van der Waals surface area (Å²) in [7, 11) is 1.96. The minimum atomic E-state index is -0.0420. The zero-order valence-corrected chi connectivity index (χ0v) is 15.5. The molecule has 1 amide bonds. The Bertz CT molecular complexity index is 781. The molecule has 0 fully saturated rings. The summed E-state index contributed by atoms with van der Waals surface area (Å²) in [6.45, 7) is 0.611. The van der Waals surface area contributed by atoms with Crippen LogP contribution in [0, 0.1) is 0 Å². The number of imidazole rings is 1. The molecule has 2 aromatic heterocycles. The number of nitrogens with one attached hydrogen (secondary N) is 1. The molecule has 0 radical (unpaired) electrons. The lowest BCUT2D eigenvalue weighted by atomic mass is 9.91. The van der Waals surface area contributed by atoms with Crippen LogP contribution < -0.4 is 5.32 Å². The first-order valence-corrected chi connectivity index (χ1v) is 9.55. The zero-order chi connectivity index (χ0) is 18.2. The van der Waals surface area contributed by atoms with Crippen LogP contribution in [0.3, 0.4) is 0 Å². The van der Waals surface area contributed by atoms with Crippen LogP contribution in [0.15, 0.2) is 72.3 Å². The highest BCUT2D eigenvalue weighted by atomic mass is 32.2. The van der Waals surface area contributed by atoms with Gasteiger partial charge in [0.1, 0.15) is 0 Å². The molecule has 0 unspecified atom stereocenters. The van der Waals surface area contributed by atoms with Gasteiger partial charge in [0, 0.05) is 56.0 Å². The van der Waals surface area contributed by atoms with Gasteiger partial charge in [0.15, 0.2) is 5.16 Å². The molecule has 0 aliphatic heterocycles. The largest absolute Gasteiger partial charge is 0.355 e. The SMILES string of the molecule is Cn1ccnc1SCCNC(=O)C[C@@H](c1ccccc1)c1ccccn1. The maximum Gasteiger partial charge on any atom is 0.221 e. The van der Waals surface area contributed by atoms with E-state index >= 15 is 0 Å². The summed E-state index contributed by atoms with van der Waals surface area (Å²) >= 11 is 1.63. The zero-order valence-electron chi connectivity index (χ0n) is 14.7. The number of pyridine rings is 1. The monoisotopic (exact) mass is 366 g/mol. The molecular formula is C20H22N4OS. The third-order valence-electron chi connectivity index (χ3n) is 4.07. The maximum atomic E-state index is 12.5. The highest BCUT2D eigenvalue weighted by Gasteiger charge is 2.19. The Labute approximate surface area is 157 Å². The molecule has 0 bridgehead atoms. The quantitative estimate of drug-likeness (QED) is 0.491. The van der Waals surface area contributed by atoms with Gasteiger partial charge in [0.2, 0.25) is 5.91 Å². The summed E-state index contributed by atoms with van der Waals surface area (Å²) in [6, 6.07) is 15.9. The lowest BCUT2D eigenvalue weighted by Gasteiger charge is -2.16. The van der Waals surface area contributed by atoms with Crippen molar-refractivity contribution in [2.24, 2.45) is 7.05 Å². The number of hydrogen-bond acceptors (Lipinski definition) is 4. The third kappa shape index (κ3) is 4.95. The fourth-order valence-corrected chi connectivity index (χ4v) is 3.53. The van der Waals surface area contributed by atoms with E-state index in [1.54, 1.807) is 24.2 Å². The van der Waals surface area contributed by atoms with Crippen molar-refractivity contribution in [3.63, 3.8) is 0 Å². The first-order chi connectivity index (χ1) is 12.7. The van der Waals surface area contributed by atoms with Gasteiger partial charge in [-0.1, -0.05) is 48.2 Å². The lowest BCUT2D eigenvalue weighted by Crippen LogP contribution is -2.27. The van der Waals surface area contributed by atoms with E-state index in [0.29, 0.717) is 13.0 Å². The number of carbonyl (C=O) groups excluding carboxylic acids is 1. The fraction of sp³-hybridized carbons (Fsp3) is 0.250. The third-order valence-corrected chi connectivity index (χ3v) is 5.13. The van der Waals surface area contributed by atoms with Gasteiger partial charge in [-0.25, -0.2) is 4.98 Å². The van der Waals surface area contributed by atoms with Crippen molar-refractivity contribution in [2.45, 2.75) is 17.5 Å². The molecule has 0 aliphatic carbocycles. The number of rotatable bonds is 8. The van der Waals surface area contributed by atoms with Crippen molar-refractivity contribution >= 4 is 17.7 Å². The molecule has 0 saturated heterocycles. The summed E-state index contributed by atoms with van der Waals surface area (Å²) in [5.74, 6) is 0.778. The predicted octanol–water partition coefficient (Wildman–Crippen LogP) is 3.25. The second-order valence-corrected chi connectivity index (χ2v) is 7.00. The average molecular weight is 366 g/mol. The van der Waals surface area contributed by atoms with Crippen molar-refractivity contribution < 1.29 is 4.79 Å². The molecule has 0 spiro atoms. The smallest absolute Gasteiger partial charge is 0.221 e. The fourth-order valence-electron chi connectivity index (χ4n) is 2.74. The van der Waals surface area contributed by atoms with Gasteiger partial charge in [-0.2, -0.15) is 0 Å².